The van der Waals surface area contributed by atoms with Gasteiger partial charge in [0.25, 0.3) is 0 Å². The van der Waals surface area contributed by atoms with E-state index in [1.165, 1.54) is 6.33 Å². The number of nitrogens with zero attached hydrogens (tertiary/aromatic N) is 2. The van der Waals surface area contributed by atoms with Crippen molar-refractivity contribution in [2.75, 3.05) is 11.9 Å². The van der Waals surface area contributed by atoms with Gasteiger partial charge in [0.05, 0.1) is 5.69 Å². The minimum Gasteiger partial charge on any atom is -0.396 e. The van der Waals surface area contributed by atoms with Crippen molar-refractivity contribution in [1.29, 1.82) is 0 Å². The van der Waals surface area contributed by atoms with Crippen LogP contribution in [0.2, 0.25) is 0 Å². The second kappa shape index (κ2) is 6.09. The van der Waals surface area contributed by atoms with Crippen LogP contribution in [0.15, 0.2) is 6.33 Å². The van der Waals surface area contributed by atoms with Crippen LogP contribution in [-0.4, -0.2) is 27.7 Å². The molecule has 0 saturated heterocycles. The fourth-order valence-electron chi connectivity index (χ4n) is 2.67. The minimum absolute atomic E-state index is 0.190. The highest BCUT2D eigenvalue weighted by atomic mass is 19.1. The lowest BCUT2D eigenvalue weighted by Gasteiger charge is -2.21. The molecule has 2 N–H and O–H groups in total. The van der Waals surface area contributed by atoms with Crippen LogP contribution < -0.4 is 5.32 Å². The molecule has 0 bridgehead atoms. The molecule has 18 heavy (non-hydrogen) atoms. The van der Waals surface area contributed by atoms with E-state index in [0.717, 1.165) is 25.7 Å². The van der Waals surface area contributed by atoms with Crippen molar-refractivity contribution >= 4 is 5.82 Å². The predicted octanol–water partition coefficient (Wildman–Crippen LogP) is 2.14. The van der Waals surface area contributed by atoms with Crippen LogP contribution in [0.3, 0.4) is 0 Å². The molecular formula is C13H20FN3O. The smallest absolute Gasteiger partial charge is 0.186 e. The maximum absolute atomic E-state index is 14.0. The van der Waals surface area contributed by atoms with E-state index >= 15 is 0 Å². The molecule has 0 aromatic carbocycles. The zero-order valence-corrected chi connectivity index (χ0v) is 10.7. The average molecular weight is 253 g/mol. The fraction of sp³-hybridized carbons (Fsp3) is 0.692. The lowest BCUT2D eigenvalue weighted by Crippen LogP contribution is -2.26. The van der Waals surface area contributed by atoms with Crippen molar-refractivity contribution in [3.63, 3.8) is 0 Å². The van der Waals surface area contributed by atoms with E-state index in [9.17, 15) is 4.39 Å². The van der Waals surface area contributed by atoms with Crippen molar-refractivity contribution in [2.45, 2.75) is 45.1 Å². The molecule has 4 nitrogen and oxygen atoms in total. The Morgan fingerprint density at radius 3 is 3.00 bits per heavy atom. The number of aromatic nitrogens is 2. The van der Waals surface area contributed by atoms with Crippen molar-refractivity contribution in [2.24, 2.45) is 5.92 Å². The number of aryl methyl sites for hydroxylation is 1. The molecule has 1 saturated carbocycles. The number of nitrogens with one attached hydrogen (secondary N) is 1. The largest absolute Gasteiger partial charge is 0.396 e. The van der Waals surface area contributed by atoms with E-state index in [4.69, 9.17) is 5.11 Å². The predicted molar refractivity (Wildman–Crippen MR) is 67.8 cm³/mol. The molecule has 1 fully saturated rings. The van der Waals surface area contributed by atoms with Gasteiger partial charge in [-0.2, -0.15) is 0 Å². The first-order valence-corrected chi connectivity index (χ1v) is 6.63. The zero-order valence-electron chi connectivity index (χ0n) is 10.7. The summed E-state index contributed by atoms with van der Waals surface area (Å²) in [4.78, 5) is 7.91. The van der Waals surface area contributed by atoms with Crippen molar-refractivity contribution in [1.82, 2.24) is 9.97 Å². The molecule has 5 heteroatoms. The zero-order chi connectivity index (χ0) is 13.0. The molecule has 2 rings (SSSR count). The molecule has 0 amide bonds. The van der Waals surface area contributed by atoms with Gasteiger partial charge in [-0.15, -0.1) is 0 Å². The van der Waals surface area contributed by atoms with Crippen LogP contribution in [-0.2, 0) is 6.42 Å². The molecule has 1 heterocycles. The Balaban J connectivity index is 2.09. The van der Waals surface area contributed by atoms with E-state index < -0.39 is 0 Å². The highest BCUT2D eigenvalue weighted by molar-refractivity contribution is 5.38. The minimum atomic E-state index is -0.338. The first-order chi connectivity index (χ1) is 8.76. The number of halogens is 1. The third-order valence-electron chi connectivity index (χ3n) is 3.68. The van der Waals surface area contributed by atoms with E-state index in [-0.39, 0.29) is 18.5 Å². The molecule has 1 aromatic rings. The van der Waals surface area contributed by atoms with Crippen LogP contribution in [0, 0.1) is 11.7 Å². The monoisotopic (exact) mass is 253 g/mol. The third-order valence-corrected chi connectivity index (χ3v) is 3.68. The normalized spacial score (nSPS) is 23.3. The summed E-state index contributed by atoms with van der Waals surface area (Å²) in [5, 5.41) is 12.2. The maximum atomic E-state index is 14.0. The Kier molecular flexibility index (Phi) is 4.47. The molecule has 0 radical (unpaired) electrons. The fourth-order valence-corrected chi connectivity index (χ4v) is 2.67. The Bertz CT molecular complexity index is 400. The maximum Gasteiger partial charge on any atom is 0.186 e. The van der Waals surface area contributed by atoms with E-state index in [1.807, 2.05) is 6.92 Å². The number of rotatable bonds is 5. The van der Waals surface area contributed by atoms with Gasteiger partial charge in [-0.3, -0.25) is 0 Å². The van der Waals surface area contributed by atoms with Gasteiger partial charge in [0.2, 0.25) is 0 Å². The van der Waals surface area contributed by atoms with Gasteiger partial charge >= 0.3 is 0 Å². The summed E-state index contributed by atoms with van der Waals surface area (Å²) >= 11 is 0. The molecule has 2 atom stereocenters. The second-order valence-electron chi connectivity index (χ2n) is 4.79. The summed E-state index contributed by atoms with van der Waals surface area (Å²) in [6.07, 6.45) is 5.95. The van der Waals surface area contributed by atoms with Crippen molar-refractivity contribution < 1.29 is 9.50 Å². The van der Waals surface area contributed by atoms with Crippen LogP contribution in [0.25, 0.3) is 0 Å². The first kappa shape index (κ1) is 13.2. The number of anilines is 1. The molecule has 1 aromatic heterocycles. The van der Waals surface area contributed by atoms with Gasteiger partial charge < -0.3 is 10.4 Å². The molecule has 1 aliphatic rings. The summed E-state index contributed by atoms with van der Waals surface area (Å²) in [5.74, 6) is 0.376. The SMILES string of the molecule is CCc1ncnc(NC2CCCC2CCO)c1F. The summed E-state index contributed by atoms with van der Waals surface area (Å²) < 4.78 is 14.0. The number of aliphatic hydroxyl groups excluding tert-OH is 1. The Labute approximate surface area is 107 Å². The molecule has 0 spiro atoms. The van der Waals surface area contributed by atoms with E-state index in [0.29, 0.717) is 23.9 Å². The van der Waals surface area contributed by atoms with Crippen LogP contribution >= 0.6 is 0 Å². The molecular weight excluding hydrogens is 233 g/mol. The molecule has 2 unspecified atom stereocenters. The first-order valence-electron chi connectivity index (χ1n) is 6.63. The van der Waals surface area contributed by atoms with E-state index in [2.05, 4.69) is 15.3 Å². The molecule has 0 aliphatic heterocycles. The third kappa shape index (κ3) is 2.77. The summed E-state index contributed by atoms with van der Waals surface area (Å²) in [6.45, 7) is 2.06. The summed E-state index contributed by atoms with van der Waals surface area (Å²) in [7, 11) is 0. The Morgan fingerprint density at radius 2 is 2.28 bits per heavy atom. The Morgan fingerprint density at radius 1 is 1.44 bits per heavy atom. The number of hydrogen-bond donors (Lipinski definition) is 2. The van der Waals surface area contributed by atoms with Gasteiger partial charge in [-0.1, -0.05) is 13.3 Å². The van der Waals surface area contributed by atoms with Crippen LogP contribution in [0.1, 0.15) is 38.3 Å². The topological polar surface area (TPSA) is 58.0 Å². The quantitative estimate of drug-likeness (QED) is 0.844. The lowest BCUT2D eigenvalue weighted by molar-refractivity contribution is 0.254. The highest BCUT2D eigenvalue weighted by Gasteiger charge is 2.27. The van der Waals surface area contributed by atoms with Gasteiger partial charge in [0.1, 0.15) is 6.33 Å². The standard InChI is InChI=1S/C13H20FN3O/c1-2-10-12(14)13(16-8-15-10)17-11-5-3-4-9(11)6-7-18/h8-9,11,18H,2-7H2,1H3,(H,15,16,17). The van der Waals surface area contributed by atoms with Gasteiger partial charge in [0.15, 0.2) is 11.6 Å². The van der Waals surface area contributed by atoms with E-state index in [1.54, 1.807) is 0 Å². The summed E-state index contributed by atoms with van der Waals surface area (Å²) in [5.41, 5.74) is 0.448. The molecule has 100 valence electrons. The van der Waals surface area contributed by atoms with Gasteiger partial charge in [-0.05, 0) is 31.6 Å². The average Bonchev–Trinajstić information content (AvgIpc) is 2.80. The summed E-state index contributed by atoms with van der Waals surface area (Å²) in [6, 6.07) is 0.214. The van der Waals surface area contributed by atoms with Crippen molar-refractivity contribution in [3.05, 3.63) is 17.8 Å². The van der Waals surface area contributed by atoms with Crippen LogP contribution in [0.5, 0.6) is 0 Å². The molecule has 1 aliphatic carbocycles. The van der Waals surface area contributed by atoms with Gasteiger partial charge in [0, 0.05) is 12.6 Å². The van der Waals surface area contributed by atoms with Crippen molar-refractivity contribution in [3.8, 4) is 0 Å². The number of aliphatic hydroxyl groups is 1. The Hall–Kier alpha value is -1.23. The van der Waals surface area contributed by atoms with Gasteiger partial charge in [-0.25, -0.2) is 14.4 Å². The van der Waals surface area contributed by atoms with Crippen LogP contribution in [0.4, 0.5) is 10.2 Å². The number of hydrogen-bond acceptors (Lipinski definition) is 4. The highest BCUT2D eigenvalue weighted by Crippen LogP contribution is 2.31. The second-order valence-corrected chi connectivity index (χ2v) is 4.79. The lowest BCUT2D eigenvalue weighted by atomic mass is 10.00.